The summed E-state index contributed by atoms with van der Waals surface area (Å²) < 4.78 is 1.95. The summed E-state index contributed by atoms with van der Waals surface area (Å²) in [6.07, 6.45) is 1.47. The highest BCUT2D eigenvalue weighted by molar-refractivity contribution is 7.98. The number of carbonyl (C=O) groups is 1. The predicted molar refractivity (Wildman–Crippen MR) is 81.6 cm³/mol. The summed E-state index contributed by atoms with van der Waals surface area (Å²) in [7, 11) is 1.92. The molecule has 20 heavy (non-hydrogen) atoms. The van der Waals surface area contributed by atoms with Crippen LogP contribution in [0.2, 0.25) is 0 Å². The van der Waals surface area contributed by atoms with Crippen molar-refractivity contribution in [1.29, 1.82) is 0 Å². The molecule has 0 radical (unpaired) electrons. The van der Waals surface area contributed by atoms with Crippen LogP contribution in [0.15, 0.2) is 24.3 Å². The molecule has 1 heterocycles. The normalized spacial score (nSPS) is 12.6. The number of aliphatic hydroxyl groups excluding tert-OH is 1. The van der Waals surface area contributed by atoms with Crippen molar-refractivity contribution in [2.45, 2.75) is 19.1 Å². The van der Waals surface area contributed by atoms with E-state index < -0.39 is 6.10 Å². The van der Waals surface area contributed by atoms with Crippen LogP contribution in [0.4, 0.5) is 0 Å². The number of nitrogens with one attached hydrogen (secondary N) is 1. The van der Waals surface area contributed by atoms with Crippen LogP contribution in [0.1, 0.15) is 12.2 Å². The van der Waals surface area contributed by atoms with E-state index in [0.29, 0.717) is 13.0 Å². The fourth-order valence-corrected chi connectivity index (χ4v) is 2.46. The van der Waals surface area contributed by atoms with Gasteiger partial charge in [-0.1, -0.05) is 12.1 Å². The summed E-state index contributed by atoms with van der Waals surface area (Å²) in [6, 6.07) is 7.82. The number of aliphatic hydroxyl groups is 1. The number of hydrogen-bond acceptors (Lipinski definition) is 4. The Morgan fingerprint density at radius 1 is 1.50 bits per heavy atom. The standard InChI is InChI=1S/C14H19N3O2S/c1-17-11-6-4-3-5-10(11)16-13(17)9-15-14(19)12(18)7-8-20-2/h3-6,12,18H,7-9H2,1-2H3,(H,15,19). The van der Waals surface area contributed by atoms with Crippen molar-refractivity contribution in [1.82, 2.24) is 14.9 Å². The van der Waals surface area contributed by atoms with E-state index >= 15 is 0 Å². The Kier molecular flexibility index (Phi) is 5.03. The maximum Gasteiger partial charge on any atom is 0.249 e. The lowest BCUT2D eigenvalue weighted by Gasteiger charge is -2.10. The molecule has 0 spiro atoms. The van der Waals surface area contributed by atoms with Gasteiger partial charge < -0.3 is 15.0 Å². The summed E-state index contributed by atoms with van der Waals surface area (Å²) in [5.74, 6) is 1.20. The fraction of sp³-hybridized carbons (Fsp3) is 0.429. The Morgan fingerprint density at radius 2 is 2.25 bits per heavy atom. The number of para-hydroxylation sites is 2. The maximum absolute atomic E-state index is 11.7. The average molecular weight is 293 g/mol. The summed E-state index contributed by atoms with van der Waals surface area (Å²) in [6.45, 7) is 0.320. The van der Waals surface area contributed by atoms with E-state index in [9.17, 15) is 9.90 Å². The third-order valence-electron chi connectivity index (χ3n) is 3.20. The van der Waals surface area contributed by atoms with Gasteiger partial charge in [0.2, 0.25) is 5.91 Å². The molecule has 2 rings (SSSR count). The lowest BCUT2D eigenvalue weighted by molar-refractivity contribution is -0.129. The Balaban J connectivity index is 1.99. The van der Waals surface area contributed by atoms with E-state index in [0.717, 1.165) is 22.6 Å². The van der Waals surface area contributed by atoms with Crippen LogP contribution in [-0.4, -0.2) is 38.7 Å². The average Bonchev–Trinajstić information content (AvgIpc) is 2.79. The molecule has 1 aromatic carbocycles. The maximum atomic E-state index is 11.7. The van der Waals surface area contributed by atoms with Gasteiger partial charge in [-0.3, -0.25) is 4.79 Å². The van der Waals surface area contributed by atoms with Crippen molar-refractivity contribution >= 4 is 28.7 Å². The first kappa shape index (κ1) is 14.9. The lowest BCUT2D eigenvalue weighted by Crippen LogP contribution is -2.35. The molecule has 5 nitrogen and oxygen atoms in total. The van der Waals surface area contributed by atoms with Crippen LogP contribution in [0, 0.1) is 0 Å². The van der Waals surface area contributed by atoms with Crippen LogP contribution >= 0.6 is 11.8 Å². The minimum Gasteiger partial charge on any atom is -0.383 e. The molecule has 6 heteroatoms. The van der Waals surface area contributed by atoms with Gasteiger partial charge >= 0.3 is 0 Å². The number of fused-ring (bicyclic) bond motifs is 1. The highest BCUT2D eigenvalue weighted by atomic mass is 32.2. The molecule has 0 aliphatic rings. The molecular weight excluding hydrogens is 274 g/mol. The highest BCUT2D eigenvalue weighted by Crippen LogP contribution is 2.13. The number of nitrogens with zero attached hydrogens (tertiary/aromatic N) is 2. The first-order chi connectivity index (χ1) is 9.63. The number of carbonyl (C=O) groups excluding carboxylic acids is 1. The molecule has 108 valence electrons. The molecule has 1 atom stereocenters. The smallest absolute Gasteiger partial charge is 0.249 e. The van der Waals surface area contributed by atoms with E-state index in [-0.39, 0.29) is 5.91 Å². The SMILES string of the molecule is CSCCC(O)C(=O)NCc1nc2ccccc2n1C. The van der Waals surface area contributed by atoms with Crippen LogP contribution in [-0.2, 0) is 18.4 Å². The highest BCUT2D eigenvalue weighted by Gasteiger charge is 2.15. The first-order valence-corrected chi connectivity index (χ1v) is 7.88. The minimum absolute atomic E-state index is 0.320. The monoisotopic (exact) mass is 293 g/mol. The van der Waals surface area contributed by atoms with Crippen molar-refractivity contribution < 1.29 is 9.90 Å². The van der Waals surface area contributed by atoms with Crippen LogP contribution in [0.25, 0.3) is 11.0 Å². The molecule has 2 N–H and O–H groups in total. The topological polar surface area (TPSA) is 67.2 Å². The van der Waals surface area contributed by atoms with E-state index in [2.05, 4.69) is 10.3 Å². The van der Waals surface area contributed by atoms with Crippen LogP contribution in [0.3, 0.4) is 0 Å². The number of rotatable bonds is 6. The molecule has 1 unspecified atom stereocenters. The largest absolute Gasteiger partial charge is 0.383 e. The number of amides is 1. The molecule has 2 aromatic rings. The number of hydrogen-bond donors (Lipinski definition) is 2. The Labute approximate surface area is 122 Å². The van der Waals surface area contributed by atoms with Gasteiger partial charge in [-0.15, -0.1) is 0 Å². The third kappa shape index (κ3) is 3.32. The van der Waals surface area contributed by atoms with Gasteiger partial charge in [0.25, 0.3) is 0 Å². The number of imidazole rings is 1. The molecule has 0 bridgehead atoms. The third-order valence-corrected chi connectivity index (χ3v) is 3.84. The van der Waals surface area contributed by atoms with E-state index in [4.69, 9.17) is 0 Å². The number of benzene rings is 1. The molecule has 0 saturated heterocycles. The summed E-state index contributed by atoms with van der Waals surface area (Å²) in [4.78, 5) is 16.2. The minimum atomic E-state index is -0.947. The van der Waals surface area contributed by atoms with Gasteiger partial charge in [-0.25, -0.2) is 4.98 Å². The van der Waals surface area contributed by atoms with Crippen LogP contribution < -0.4 is 5.32 Å². The zero-order valence-electron chi connectivity index (χ0n) is 11.7. The van der Waals surface area contributed by atoms with Gasteiger partial charge in [0, 0.05) is 7.05 Å². The molecule has 0 aliphatic carbocycles. The number of aromatic nitrogens is 2. The van der Waals surface area contributed by atoms with Gasteiger partial charge in [-0.05, 0) is 30.6 Å². The Morgan fingerprint density at radius 3 is 2.95 bits per heavy atom. The van der Waals surface area contributed by atoms with E-state index in [1.807, 2.05) is 42.1 Å². The predicted octanol–water partition coefficient (Wildman–Crippen LogP) is 1.30. The van der Waals surface area contributed by atoms with Crippen molar-refractivity contribution in [2.75, 3.05) is 12.0 Å². The molecule has 0 saturated carbocycles. The van der Waals surface area contributed by atoms with Gasteiger partial charge in [-0.2, -0.15) is 11.8 Å². The first-order valence-electron chi connectivity index (χ1n) is 6.48. The van der Waals surface area contributed by atoms with Gasteiger partial charge in [0.15, 0.2) is 0 Å². The second kappa shape index (κ2) is 6.76. The van der Waals surface area contributed by atoms with Crippen molar-refractivity contribution in [3.05, 3.63) is 30.1 Å². The summed E-state index contributed by atoms with van der Waals surface area (Å²) >= 11 is 1.61. The zero-order valence-corrected chi connectivity index (χ0v) is 12.5. The lowest BCUT2D eigenvalue weighted by atomic mass is 10.2. The van der Waals surface area contributed by atoms with E-state index in [1.165, 1.54) is 0 Å². The second-order valence-corrected chi connectivity index (χ2v) is 5.58. The molecule has 1 aromatic heterocycles. The fourth-order valence-electron chi connectivity index (χ4n) is 2.00. The van der Waals surface area contributed by atoms with E-state index in [1.54, 1.807) is 11.8 Å². The van der Waals surface area contributed by atoms with Crippen LogP contribution in [0.5, 0.6) is 0 Å². The summed E-state index contributed by atoms with van der Waals surface area (Å²) in [5, 5.41) is 12.4. The Bertz CT molecular complexity index is 597. The summed E-state index contributed by atoms with van der Waals surface area (Å²) in [5.41, 5.74) is 1.93. The molecule has 0 fully saturated rings. The van der Waals surface area contributed by atoms with Gasteiger partial charge in [0.05, 0.1) is 17.6 Å². The second-order valence-electron chi connectivity index (χ2n) is 4.59. The molecular formula is C14H19N3O2S. The van der Waals surface area contributed by atoms with Crippen molar-refractivity contribution in [2.24, 2.45) is 7.05 Å². The van der Waals surface area contributed by atoms with Crippen molar-refractivity contribution in [3.8, 4) is 0 Å². The number of aryl methyl sites for hydroxylation is 1. The molecule has 1 amide bonds. The van der Waals surface area contributed by atoms with Crippen molar-refractivity contribution in [3.63, 3.8) is 0 Å². The zero-order chi connectivity index (χ0) is 14.5. The Hall–Kier alpha value is -1.53. The number of thioether (sulfide) groups is 1. The van der Waals surface area contributed by atoms with Gasteiger partial charge in [0.1, 0.15) is 11.9 Å². The molecule has 0 aliphatic heterocycles. The quantitative estimate of drug-likeness (QED) is 0.842.